The van der Waals surface area contributed by atoms with Crippen molar-refractivity contribution in [2.24, 2.45) is 11.3 Å². The molecule has 2 atom stereocenters. The first kappa shape index (κ1) is 11.8. The Bertz CT molecular complexity index is 416. The maximum Gasteiger partial charge on any atom is 0.330 e. The molecule has 1 aliphatic carbocycles. The van der Waals surface area contributed by atoms with Gasteiger partial charge in [0.1, 0.15) is 5.41 Å². The van der Waals surface area contributed by atoms with E-state index >= 15 is 0 Å². The van der Waals surface area contributed by atoms with E-state index in [-0.39, 0.29) is 5.92 Å². The summed E-state index contributed by atoms with van der Waals surface area (Å²) in [5.74, 6) is -1.02. The van der Waals surface area contributed by atoms with Crippen LogP contribution in [0.25, 0.3) is 0 Å². The normalized spacial score (nSPS) is 33.9. The molecule has 2 aliphatic rings. The van der Waals surface area contributed by atoms with Gasteiger partial charge in [0.25, 0.3) is 0 Å². The molecular weight excluding hydrogens is 220 g/mol. The maximum atomic E-state index is 12.2. The first-order chi connectivity index (χ1) is 7.98. The zero-order chi connectivity index (χ0) is 12.6. The van der Waals surface area contributed by atoms with Crippen LogP contribution in [-0.2, 0) is 9.59 Å². The van der Waals surface area contributed by atoms with Crippen molar-refractivity contribution < 1.29 is 14.4 Å². The molecule has 1 saturated heterocycles. The third-order valence-corrected chi connectivity index (χ3v) is 3.74. The van der Waals surface area contributed by atoms with Crippen molar-refractivity contribution in [3.05, 3.63) is 12.2 Å². The molecule has 1 heterocycles. The second kappa shape index (κ2) is 3.98. The number of allylic oxidation sites excluding steroid dienone is 2. The molecule has 0 aromatic heterocycles. The lowest BCUT2D eigenvalue weighted by atomic mass is 9.70. The number of urea groups is 1. The molecule has 1 aliphatic heterocycles. The minimum absolute atomic E-state index is 0.126. The van der Waals surface area contributed by atoms with Crippen LogP contribution in [0.15, 0.2) is 12.2 Å². The van der Waals surface area contributed by atoms with Crippen LogP contribution in [0.1, 0.15) is 26.2 Å². The summed E-state index contributed by atoms with van der Waals surface area (Å²) < 4.78 is 0. The molecule has 2 unspecified atom stereocenters. The molecular formula is C12H16N2O3. The topological polar surface area (TPSA) is 66.5 Å². The fourth-order valence-corrected chi connectivity index (χ4v) is 2.47. The number of imide groups is 2. The first-order valence-corrected chi connectivity index (χ1v) is 5.78. The van der Waals surface area contributed by atoms with Gasteiger partial charge in [-0.2, -0.15) is 0 Å². The van der Waals surface area contributed by atoms with Gasteiger partial charge in [0.05, 0.1) is 0 Å². The smallest absolute Gasteiger partial charge is 0.277 e. The van der Waals surface area contributed by atoms with Crippen LogP contribution in [0.5, 0.6) is 0 Å². The van der Waals surface area contributed by atoms with Gasteiger partial charge in [-0.25, -0.2) is 4.79 Å². The van der Waals surface area contributed by atoms with E-state index in [9.17, 15) is 14.4 Å². The molecule has 1 fully saturated rings. The summed E-state index contributed by atoms with van der Waals surface area (Å²) in [7, 11) is 1.40. The van der Waals surface area contributed by atoms with Crippen molar-refractivity contribution in [3.8, 4) is 0 Å². The van der Waals surface area contributed by atoms with Crippen molar-refractivity contribution >= 4 is 17.8 Å². The van der Waals surface area contributed by atoms with Crippen molar-refractivity contribution in [2.75, 3.05) is 7.05 Å². The standard InChI is InChI=1S/C12H16N2O3/c1-12(8-6-4-3-5-7-8)9(15)13-11(17)14(2)10(12)16/h4,6,8H,3,5,7H2,1-2H3,(H,13,15,17). The van der Waals surface area contributed by atoms with E-state index in [1.54, 1.807) is 6.92 Å². The average molecular weight is 236 g/mol. The minimum Gasteiger partial charge on any atom is -0.277 e. The largest absolute Gasteiger partial charge is 0.330 e. The summed E-state index contributed by atoms with van der Waals surface area (Å²) >= 11 is 0. The Kier molecular flexibility index (Phi) is 2.77. The molecule has 0 bridgehead atoms. The lowest BCUT2D eigenvalue weighted by molar-refractivity contribution is -0.152. The lowest BCUT2D eigenvalue weighted by Crippen LogP contribution is -2.63. The molecule has 1 N–H and O–H groups in total. The fourth-order valence-electron chi connectivity index (χ4n) is 2.47. The molecule has 5 heteroatoms. The van der Waals surface area contributed by atoms with Gasteiger partial charge >= 0.3 is 6.03 Å². The van der Waals surface area contributed by atoms with Gasteiger partial charge in [0, 0.05) is 7.05 Å². The van der Waals surface area contributed by atoms with Gasteiger partial charge < -0.3 is 0 Å². The molecule has 92 valence electrons. The number of carbonyl (C=O) groups excluding carboxylic acids is 3. The molecule has 4 amide bonds. The monoisotopic (exact) mass is 236 g/mol. The van der Waals surface area contributed by atoms with Crippen LogP contribution < -0.4 is 5.32 Å². The van der Waals surface area contributed by atoms with E-state index in [4.69, 9.17) is 0 Å². The summed E-state index contributed by atoms with van der Waals surface area (Å²) in [6, 6.07) is -0.641. The van der Waals surface area contributed by atoms with E-state index in [2.05, 4.69) is 5.32 Å². The molecule has 17 heavy (non-hydrogen) atoms. The van der Waals surface area contributed by atoms with E-state index in [0.29, 0.717) is 0 Å². The third-order valence-electron chi connectivity index (χ3n) is 3.74. The number of hydrogen-bond donors (Lipinski definition) is 1. The Labute approximate surface area is 99.8 Å². The molecule has 0 saturated carbocycles. The number of hydrogen-bond acceptors (Lipinski definition) is 3. The number of rotatable bonds is 1. The van der Waals surface area contributed by atoms with Crippen LogP contribution in [-0.4, -0.2) is 29.8 Å². The predicted octanol–water partition coefficient (Wildman–Crippen LogP) is 1.06. The summed E-state index contributed by atoms with van der Waals surface area (Å²) in [6.07, 6.45) is 6.67. The Balaban J connectivity index is 2.36. The number of nitrogens with zero attached hydrogens (tertiary/aromatic N) is 1. The Morgan fingerprint density at radius 2 is 2.12 bits per heavy atom. The van der Waals surface area contributed by atoms with E-state index in [1.165, 1.54) is 7.05 Å². The van der Waals surface area contributed by atoms with E-state index < -0.39 is 23.3 Å². The average Bonchev–Trinajstić information content (AvgIpc) is 2.35. The van der Waals surface area contributed by atoms with Gasteiger partial charge in [-0.3, -0.25) is 19.8 Å². The highest BCUT2D eigenvalue weighted by Crippen LogP contribution is 2.38. The number of carbonyl (C=O) groups is 3. The molecule has 0 aromatic carbocycles. The predicted molar refractivity (Wildman–Crippen MR) is 60.9 cm³/mol. The SMILES string of the molecule is CN1C(=O)NC(=O)C(C)(C2C=CCCC2)C1=O. The van der Waals surface area contributed by atoms with Gasteiger partial charge in [-0.05, 0) is 32.1 Å². The van der Waals surface area contributed by atoms with Crippen molar-refractivity contribution in [1.29, 1.82) is 0 Å². The Morgan fingerprint density at radius 3 is 2.71 bits per heavy atom. The van der Waals surface area contributed by atoms with Crippen LogP contribution in [0.2, 0.25) is 0 Å². The van der Waals surface area contributed by atoms with Crippen molar-refractivity contribution in [1.82, 2.24) is 10.2 Å². The van der Waals surface area contributed by atoms with Gasteiger partial charge in [-0.1, -0.05) is 12.2 Å². The van der Waals surface area contributed by atoms with Crippen LogP contribution >= 0.6 is 0 Å². The molecule has 5 nitrogen and oxygen atoms in total. The third kappa shape index (κ3) is 1.66. The minimum atomic E-state index is -1.15. The summed E-state index contributed by atoms with van der Waals surface area (Å²) in [6.45, 7) is 1.62. The second-order valence-corrected chi connectivity index (χ2v) is 4.79. The maximum absolute atomic E-state index is 12.2. The van der Waals surface area contributed by atoms with E-state index in [1.807, 2.05) is 12.2 Å². The highest BCUT2D eigenvalue weighted by molar-refractivity contribution is 6.19. The highest BCUT2D eigenvalue weighted by atomic mass is 16.2. The zero-order valence-electron chi connectivity index (χ0n) is 10.0. The van der Waals surface area contributed by atoms with E-state index in [0.717, 1.165) is 24.2 Å². The van der Waals surface area contributed by atoms with Crippen molar-refractivity contribution in [3.63, 3.8) is 0 Å². The van der Waals surface area contributed by atoms with Crippen LogP contribution in [0, 0.1) is 11.3 Å². The van der Waals surface area contributed by atoms with Gasteiger partial charge in [-0.15, -0.1) is 0 Å². The second-order valence-electron chi connectivity index (χ2n) is 4.79. The highest BCUT2D eigenvalue weighted by Gasteiger charge is 2.53. The Hall–Kier alpha value is -1.65. The summed E-state index contributed by atoms with van der Waals surface area (Å²) in [5, 5.41) is 2.24. The lowest BCUT2D eigenvalue weighted by Gasteiger charge is -2.40. The molecule has 2 rings (SSSR count). The fraction of sp³-hybridized carbons (Fsp3) is 0.583. The molecule has 0 radical (unpaired) electrons. The molecule has 0 aromatic rings. The van der Waals surface area contributed by atoms with Crippen LogP contribution in [0.4, 0.5) is 4.79 Å². The molecule has 0 spiro atoms. The Morgan fingerprint density at radius 1 is 1.41 bits per heavy atom. The quantitative estimate of drug-likeness (QED) is 0.546. The van der Waals surface area contributed by atoms with Gasteiger partial charge in [0.2, 0.25) is 11.8 Å². The number of amides is 4. The zero-order valence-corrected chi connectivity index (χ0v) is 10.0. The number of barbiturate groups is 1. The van der Waals surface area contributed by atoms with Crippen LogP contribution in [0.3, 0.4) is 0 Å². The number of nitrogens with one attached hydrogen (secondary N) is 1. The summed E-state index contributed by atoms with van der Waals surface area (Å²) in [5.41, 5.74) is -1.15. The van der Waals surface area contributed by atoms with Gasteiger partial charge in [0.15, 0.2) is 0 Å². The van der Waals surface area contributed by atoms with Crippen molar-refractivity contribution in [2.45, 2.75) is 26.2 Å². The summed E-state index contributed by atoms with van der Waals surface area (Å²) in [4.78, 5) is 36.5. The first-order valence-electron chi connectivity index (χ1n) is 5.78.